The Morgan fingerprint density at radius 3 is 2.42 bits per heavy atom. The lowest BCUT2D eigenvalue weighted by Gasteiger charge is -2.23. The molecule has 0 unspecified atom stereocenters. The molecule has 0 saturated carbocycles. The van der Waals surface area contributed by atoms with E-state index in [0.29, 0.717) is 52.6 Å². The SMILES string of the molecule is O=C(Nc1ccc(S(=O)(=O)N2CC[OH+]CC2)cc1)c1cc(Cl)ccc1NSc1ccc(Cl)s1. The van der Waals surface area contributed by atoms with E-state index in [9.17, 15) is 13.2 Å². The van der Waals surface area contributed by atoms with Gasteiger partial charge in [-0.1, -0.05) is 23.2 Å². The summed E-state index contributed by atoms with van der Waals surface area (Å²) in [7, 11) is -3.58. The fourth-order valence-electron chi connectivity index (χ4n) is 3.14. The predicted molar refractivity (Wildman–Crippen MR) is 135 cm³/mol. The second-order valence-electron chi connectivity index (χ2n) is 7.01. The summed E-state index contributed by atoms with van der Waals surface area (Å²) in [6, 6.07) is 14.8. The molecule has 1 aromatic heterocycles. The Balaban J connectivity index is 1.47. The van der Waals surface area contributed by atoms with Gasteiger partial charge >= 0.3 is 0 Å². The lowest BCUT2D eigenvalue weighted by Crippen LogP contribution is -2.42. The van der Waals surface area contributed by atoms with Crippen LogP contribution in [0, 0.1) is 0 Å². The molecule has 1 aliphatic rings. The number of thiophene rings is 1. The highest BCUT2D eigenvalue weighted by Gasteiger charge is 2.28. The maximum absolute atomic E-state index is 13.0. The monoisotopic (exact) mass is 544 g/mol. The molecular formula is C21H20Cl2N3O4S3+. The third-order valence-corrected chi connectivity index (χ3v) is 9.13. The minimum atomic E-state index is -3.58. The Labute approximate surface area is 210 Å². The highest BCUT2D eigenvalue weighted by Crippen LogP contribution is 2.33. The molecule has 1 fully saturated rings. The van der Waals surface area contributed by atoms with Crippen LogP contribution in [0.1, 0.15) is 10.4 Å². The van der Waals surface area contributed by atoms with Gasteiger partial charge in [-0.15, -0.1) is 11.3 Å². The highest BCUT2D eigenvalue weighted by molar-refractivity contribution is 8.02. The number of carbonyl (C=O) groups excluding carboxylic acids is 1. The number of nitrogens with one attached hydrogen (secondary N) is 2. The van der Waals surface area contributed by atoms with Gasteiger partial charge in [-0.3, -0.25) is 4.79 Å². The number of rotatable bonds is 7. The van der Waals surface area contributed by atoms with E-state index >= 15 is 0 Å². The normalized spacial score (nSPS) is 14.7. The summed E-state index contributed by atoms with van der Waals surface area (Å²) < 4.78 is 35.9. The molecule has 0 radical (unpaired) electrons. The maximum Gasteiger partial charge on any atom is 0.257 e. The molecule has 1 aliphatic heterocycles. The van der Waals surface area contributed by atoms with E-state index in [1.165, 1.54) is 39.7 Å². The number of morpholine rings is 1. The standard InChI is InChI=1S/C21H19Cl2N3O4S3/c22-14-1-6-18(25-32-20-8-7-19(23)31-20)17(13-14)21(27)24-15-2-4-16(5-3-15)33(28,29)26-9-11-30-12-10-26/h1-8,13,25H,9-12H2,(H,24,27)/p+1. The Morgan fingerprint density at radius 2 is 1.76 bits per heavy atom. The highest BCUT2D eigenvalue weighted by atomic mass is 35.5. The Morgan fingerprint density at radius 1 is 1.03 bits per heavy atom. The summed E-state index contributed by atoms with van der Waals surface area (Å²) in [5, 5.41) is 3.22. The van der Waals surface area contributed by atoms with Gasteiger partial charge in [-0.05, 0) is 66.5 Å². The number of aliphatic hydroxyl groups is 2. The second kappa shape index (κ2) is 10.6. The predicted octanol–water partition coefficient (Wildman–Crippen LogP) is 4.96. The molecule has 1 amide bonds. The first kappa shape index (κ1) is 24.3. The zero-order valence-electron chi connectivity index (χ0n) is 17.1. The van der Waals surface area contributed by atoms with Gasteiger partial charge < -0.3 is 14.8 Å². The Kier molecular flexibility index (Phi) is 7.85. The van der Waals surface area contributed by atoms with Gasteiger partial charge in [0.15, 0.2) is 13.2 Å². The third-order valence-electron chi connectivity index (χ3n) is 4.80. The number of carbonyl (C=O) groups is 1. The summed E-state index contributed by atoms with van der Waals surface area (Å²) in [6.45, 7) is 1.75. The molecule has 12 heteroatoms. The number of halogens is 2. The molecule has 7 nitrogen and oxygen atoms in total. The summed E-state index contributed by atoms with van der Waals surface area (Å²) in [5.41, 5.74) is 1.41. The summed E-state index contributed by atoms with van der Waals surface area (Å²) >= 11 is 14.9. The molecule has 0 atom stereocenters. The molecule has 3 N–H and O–H groups in total. The van der Waals surface area contributed by atoms with E-state index in [1.807, 2.05) is 6.07 Å². The van der Waals surface area contributed by atoms with Crippen molar-refractivity contribution in [2.75, 3.05) is 36.3 Å². The molecule has 33 heavy (non-hydrogen) atoms. The first-order valence-corrected chi connectivity index (χ1v) is 13.7. The van der Waals surface area contributed by atoms with E-state index in [1.54, 1.807) is 36.4 Å². The van der Waals surface area contributed by atoms with Gasteiger partial charge in [0, 0.05) is 10.7 Å². The van der Waals surface area contributed by atoms with Crippen molar-refractivity contribution in [2.24, 2.45) is 0 Å². The summed E-state index contributed by atoms with van der Waals surface area (Å²) in [5.74, 6) is -0.377. The number of anilines is 2. The van der Waals surface area contributed by atoms with Gasteiger partial charge in [-0.25, -0.2) is 8.42 Å². The van der Waals surface area contributed by atoms with Crippen molar-refractivity contribution in [3.05, 3.63) is 69.5 Å². The Bertz CT molecular complexity index is 1240. The zero-order chi connectivity index (χ0) is 23.4. The minimum Gasteiger partial charge on any atom is -0.432 e. The van der Waals surface area contributed by atoms with E-state index in [4.69, 9.17) is 23.2 Å². The van der Waals surface area contributed by atoms with Crippen molar-refractivity contribution in [3.63, 3.8) is 0 Å². The van der Waals surface area contributed by atoms with Gasteiger partial charge in [0.05, 0.1) is 37.8 Å². The summed E-state index contributed by atoms with van der Waals surface area (Å²) in [4.78, 5) is 13.1. The lowest BCUT2D eigenvalue weighted by atomic mass is 10.1. The van der Waals surface area contributed by atoms with Crippen molar-refractivity contribution in [3.8, 4) is 0 Å². The molecule has 1 saturated heterocycles. The van der Waals surface area contributed by atoms with Crippen LogP contribution < -0.4 is 10.0 Å². The van der Waals surface area contributed by atoms with Crippen LogP contribution in [0.5, 0.6) is 0 Å². The van der Waals surface area contributed by atoms with E-state index < -0.39 is 10.0 Å². The van der Waals surface area contributed by atoms with Gasteiger partial charge in [0.2, 0.25) is 10.0 Å². The lowest BCUT2D eigenvalue weighted by molar-refractivity contribution is -0.0725. The number of sulfonamides is 1. The van der Waals surface area contributed by atoms with Crippen LogP contribution >= 0.6 is 46.5 Å². The molecule has 174 valence electrons. The minimum absolute atomic E-state index is 0.179. The molecule has 0 spiro atoms. The number of nitrogens with zero attached hydrogens (tertiary/aromatic N) is 1. The molecule has 4 rings (SSSR count). The maximum atomic E-state index is 13.0. The van der Waals surface area contributed by atoms with E-state index in [2.05, 4.69) is 14.8 Å². The van der Waals surface area contributed by atoms with Crippen LogP contribution in [0.3, 0.4) is 0 Å². The average Bonchev–Trinajstić information content (AvgIpc) is 3.24. The van der Waals surface area contributed by atoms with Crippen molar-refractivity contribution < 1.29 is 17.9 Å². The zero-order valence-corrected chi connectivity index (χ0v) is 21.1. The largest absolute Gasteiger partial charge is 0.432 e. The molecule has 2 heterocycles. The number of amides is 1. The quantitative estimate of drug-likeness (QED) is 0.324. The second-order valence-corrected chi connectivity index (χ2v) is 12.2. The van der Waals surface area contributed by atoms with Crippen molar-refractivity contribution in [2.45, 2.75) is 9.10 Å². The van der Waals surface area contributed by atoms with E-state index in [-0.39, 0.29) is 10.8 Å². The fraction of sp³-hybridized carbons (Fsp3) is 0.190. The van der Waals surface area contributed by atoms with Crippen LogP contribution in [0.4, 0.5) is 11.4 Å². The first-order chi connectivity index (χ1) is 15.8. The van der Waals surface area contributed by atoms with Crippen molar-refractivity contribution in [1.29, 1.82) is 0 Å². The number of hydrogen-bond donors (Lipinski definition) is 2. The average molecular weight is 546 g/mol. The first-order valence-electron chi connectivity index (χ1n) is 9.85. The van der Waals surface area contributed by atoms with Gasteiger partial charge in [0.25, 0.3) is 5.91 Å². The van der Waals surface area contributed by atoms with Crippen LogP contribution in [-0.4, -0.2) is 49.7 Å². The van der Waals surface area contributed by atoms with E-state index in [0.717, 1.165) is 4.21 Å². The van der Waals surface area contributed by atoms with Crippen molar-refractivity contribution in [1.82, 2.24) is 4.31 Å². The van der Waals surface area contributed by atoms with Gasteiger partial charge in [0.1, 0.15) is 0 Å². The van der Waals surface area contributed by atoms with Crippen molar-refractivity contribution >= 4 is 73.8 Å². The van der Waals surface area contributed by atoms with Crippen LogP contribution in [0.2, 0.25) is 9.36 Å². The molecule has 3 aromatic rings. The topological polar surface area (TPSA) is 91.3 Å². The number of hydrogen-bond acceptors (Lipinski definition) is 6. The fourth-order valence-corrected chi connectivity index (χ4v) is 6.73. The van der Waals surface area contributed by atoms with Crippen LogP contribution in [0.25, 0.3) is 0 Å². The summed E-state index contributed by atoms with van der Waals surface area (Å²) in [6.07, 6.45) is 0. The molecular weight excluding hydrogens is 525 g/mol. The van der Waals surface area contributed by atoms with Gasteiger partial charge in [-0.2, -0.15) is 4.31 Å². The smallest absolute Gasteiger partial charge is 0.257 e. The Hall–Kier alpha value is -1.79. The van der Waals surface area contributed by atoms with Crippen LogP contribution in [0.15, 0.2) is 63.7 Å². The number of benzene rings is 2. The molecule has 0 aliphatic carbocycles. The molecule has 2 aromatic carbocycles. The molecule has 0 bridgehead atoms. The van der Waals surface area contributed by atoms with Crippen LogP contribution in [-0.2, 0) is 10.0 Å². The number of ether oxygens (including phenoxy) is 1. The third kappa shape index (κ3) is 6.02.